The van der Waals surface area contributed by atoms with Crippen molar-refractivity contribution in [3.05, 3.63) is 35.6 Å². The maximum atomic E-state index is 14.1. The molecule has 1 aromatic rings. The highest BCUT2D eigenvalue weighted by Crippen LogP contribution is 2.51. The van der Waals surface area contributed by atoms with Gasteiger partial charge < -0.3 is 4.79 Å². The van der Waals surface area contributed by atoms with Gasteiger partial charge in [-0.1, -0.05) is 18.2 Å². The van der Waals surface area contributed by atoms with Crippen molar-refractivity contribution in [2.24, 2.45) is 5.92 Å². The number of piperidine rings is 1. The molecule has 18 heavy (non-hydrogen) atoms. The molecular formula is C15H18FNO. The molecule has 0 amide bonds. The third-order valence-corrected chi connectivity index (χ3v) is 4.86. The van der Waals surface area contributed by atoms with Crippen molar-refractivity contribution in [3.63, 3.8) is 0 Å². The third kappa shape index (κ3) is 1.53. The molecule has 3 heteroatoms. The first-order chi connectivity index (χ1) is 8.67. The lowest BCUT2D eigenvalue weighted by atomic mass is 9.77. The van der Waals surface area contributed by atoms with Crippen molar-refractivity contribution < 1.29 is 9.18 Å². The monoisotopic (exact) mass is 247 g/mol. The van der Waals surface area contributed by atoms with Crippen LogP contribution in [0, 0.1) is 11.7 Å². The quantitative estimate of drug-likeness (QED) is 0.749. The minimum absolute atomic E-state index is 0.0771. The van der Waals surface area contributed by atoms with Crippen LogP contribution in [-0.4, -0.2) is 24.3 Å². The number of hydrogen-bond acceptors (Lipinski definition) is 2. The summed E-state index contributed by atoms with van der Waals surface area (Å²) in [5.41, 5.74) is 0.501. The van der Waals surface area contributed by atoms with Gasteiger partial charge in [-0.05, 0) is 38.8 Å². The van der Waals surface area contributed by atoms with Gasteiger partial charge in [0.25, 0.3) is 0 Å². The second kappa shape index (κ2) is 4.16. The Kier molecular flexibility index (Phi) is 2.74. The molecule has 0 spiro atoms. The molecule has 2 nitrogen and oxygen atoms in total. The lowest BCUT2D eigenvalue weighted by Gasteiger charge is -2.45. The predicted octanol–water partition coefficient (Wildman–Crippen LogP) is 2.72. The van der Waals surface area contributed by atoms with Crippen molar-refractivity contribution in [1.82, 2.24) is 4.90 Å². The van der Waals surface area contributed by atoms with Gasteiger partial charge in [0.05, 0.1) is 0 Å². The summed E-state index contributed by atoms with van der Waals surface area (Å²) in [7, 11) is 2.07. The van der Waals surface area contributed by atoms with Crippen LogP contribution in [0.2, 0.25) is 0 Å². The molecule has 0 N–H and O–H groups in total. The van der Waals surface area contributed by atoms with E-state index in [1.165, 1.54) is 6.07 Å². The fraction of sp³-hybridized carbons (Fsp3) is 0.533. The fourth-order valence-corrected chi connectivity index (χ4v) is 3.89. The largest absolute Gasteiger partial charge is 0.303 e. The van der Waals surface area contributed by atoms with Crippen molar-refractivity contribution in [2.75, 3.05) is 7.05 Å². The van der Waals surface area contributed by atoms with Crippen LogP contribution in [0.4, 0.5) is 4.39 Å². The number of rotatable bonds is 2. The number of carbonyl (C=O) groups excluding carboxylic acids is 1. The first-order valence-corrected chi connectivity index (χ1v) is 6.60. The van der Waals surface area contributed by atoms with E-state index in [0.717, 1.165) is 37.5 Å². The van der Waals surface area contributed by atoms with E-state index in [1.54, 1.807) is 6.07 Å². The molecule has 2 saturated heterocycles. The van der Waals surface area contributed by atoms with E-state index in [4.69, 9.17) is 0 Å². The zero-order chi connectivity index (χ0) is 12.8. The van der Waals surface area contributed by atoms with Crippen LogP contribution in [-0.2, 0) is 10.3 Å². The van der Waals surface area contributed by atoms with E-state index in [-0.39, 0.29) is 17.3 Å². The molecule has 0 radical (unpaired) electrons. The second-order valence-electron chi connectivity index (χ2n) is 5.65. The van der Waals surface area contributed by atoms with Gasteiger partial charge >= 0.3 is 0 Å². The minimum atomic E-state index is -0.264. The molecule has 2 aliphatic rings. The van der Waals surface area contributed by atoms with Crippen LogP contribution < -0.4 is 0 Å². The number of carbonyl (C=O) groups is 1. The SMILES string of the molecule is CN1C2CCC1(c1ccccc1F)CC(C=O)C2. The van der Waals surface area contributed by atoms with Gasteiger partial charge in [0.2, 0.25) is 0 Å². The number of hydrogen-bond donors (Lipinski definition) is 0. The van der Waals surface area contributed by atoms with E-state index in [9.17, 15) is 9.18 Å². The van der Waals surface area contributed by atoms with Gasteiger partial charge in [-0.2, -0.15) is 0 Å². The molecule has 0 aliphatic carbocycles. The summed E-state index contributed by atoms with van der Waals surface area (Å²) in [6.45, 7) is 0. The second-order valence-corrected chi connectivity index (χ2v) is 5.65. The topological polar surface area (TPSA) is 20.3 Å². The number of fused-ring (bicyclic) bond motifs is 2. The average molecular weight is 247 g/mol. The molecule has 2 aliphatic heterocycles. The van der Waals surface area contributed by atoms with Gasteiger partial charge in [0.1, 0.15) is 12.1 Å². The standard InChI is InChI=1S/C15H18FNO/c1-17-12-6-7-15(17,9-11(8-12)10-18)13-4-2-3-5-14(13)16/h2-5,10-12H,6-9H2,1H3. The van der Waals surface area contributed by atoms with Gasteiger partial charge in [0, 0.05) is 23.1 Å². The van der Waals surface area contributed by atoms with E-state index >= 15 is 0 Å². The Morgan fingerprint density at radius 3 is 2.94 bits per heavy atom. The average Bonchev–Trinajstić information content (AvgIpc) is 2.60. The van der Waals surface area contributed by atoms with Crippen LogP contribution in [0.5, 0.6) is 0 Å². The summed E-state index contributed by atoms with van der Waals surface area (Å²) >= 11 is 0. The highest BCUT2D eigenvalue weighted by Gasteiger charge is 2.51. The fourth-order valence-electron chi connectivity index (χ4n) is 3.89. The van der Waals surface area contributed by atoms with Crippen molar-refractivity contribution >= 4 is 6.29 Å². The smallest absolute Gasteiger partial charge is 0.128 e. The Morgan fingerprint density at radius 1 is 1.44 bits per heavy atom. The highest BCUT2D eigenvalue weighted by molar-refractivity contribution is 5.55. The maximum Gasteiger partial charge on any atom is 0.128 e. The zero-order valence-corrected chi connectivity index (χ0v) is 10.6. The molecule has 3 rings (SSSR count). The lowest BCUT2D eigenvalue weighted by Crippen LogP contribution is -2.49. The Labute approximate surface area is 107 Å². The van der Waals surface area contributed by atoms with E-state index in [1.807, 2.05) is 12.1 Å². The van der Waals surface area contributed by atoms with Crippen molar-refractivity contribution in [1.29, 1.82) is 0 Å². The molecule has 3 atom stereocenters. The number of aldehydes is 1. The molecule has 0 aromatic heterocycles. The summed E-state index contributed by atoms with van der Waals surface area (Å²) in [4.78, 5) is 13.4. The number of halogens is 1. The van der Waals surface area contributed by atoms with E-state index in [0.29, 0.717) is 6.04 Å². The number of benzene rings is 1. The predicted molar refractivity (Wildman–Crippen MR) is 67.7 cm³/mol. The third-order valence-electron chi connectivity index (χ3n) is 4.86. The lowest BCUT2D eigenvalue weighted by molar-refractivity contribution is -0.114. The first kappa shape index (κ1) is 11.8. The molecule has 96 valence electrons. The molecule has 2 fully saturated rings. The molecule has 2 heterocycles. The molecule has 0 saturated carbocycles. The van der Waals surface area contributed by atoms with Crippen molar-refractivity contribution in [3.8, 4) is 0 Å². The first-order valence-electron chi connectivity index (χ1n) is 6.60. The van der Waals surface area contributed by atoms with E-state index in [2.05, 4.69) is 11.9 Å². The summed E-state index contributed by atoms with van der Waals surface area (Å²) in [5.74, 6) is -0.0649. The van der Waals surface area contributed by atoms with Crippen LogP contribution in [0.25, 0.3) is 0 Å². The number of nitrogens with zero attached hydrogens (tertiary/aromatic N) is 1. The van der Waals surface area contributed by atoms with Gasteiger partial charge in [-0.25, -0.2) is 4.39 Å². The summed E-state index contributed by atoms with van der Waals surface area (Å²) < 4.78 is 14.1. The summed E-state index contributed by atoms with van der Waals surface area (Å²) in [5, 5.41) is 0. The van der Waals surface area contributed by atoms with Crippen LogP contribution >= 0.6 is 0 Å². The van der Waals surface area contributed by atoms with Crippen molar-refractivity contribution in [2.45, 2.75) is 37.3 Å². The normalized spacial score (nSPS) is 35.7. The van der Waals surface area contributed by atoms with Gasteiger partial charge in [-0.3, -0.25) is 4.90 Å². The van der Waals surface area contributed by atoms with Gasteiger partial charge in [-0.15, -0.1) is 0 Å². The Hall–Kier alpha value is -1.22. The molecule has 3 unspecified atom stereocenters. The molecule has 1 aromatic carbocycles. The minimum Gasteiger partial charge on any atom is -0.303 e. The van der Waals surface area contributed by atoms with Crippen LogP contribution in [0.15, 0.2) is 24.3 Å². The van der Waals surface area contributed by atoms with Crippen LogP contribution in [0.1, 0.15) is 31.2 Å². The Morgan fingerprint density at radius 2 is 2.22 bits per heavy atom. The molecular weight excluding hydrogens is 229 g/mol. The highest BCUT2D eigenvalue weighted by atomic mass is 19.1. The Balaban J connectivity index is 2.07. The maximum absolute atomic E-state index is 14.1. The Bertz CT molecular complexity index is 475. The van der Waals surface area contributed by atoms with Crippen LogP contribution in [0.3, 0.4) is 0 Å². The zero-order valence-electron chi connectivity index (χ0n) is 10.6. The van der Waals surface area contributed by atoms with Gasteiger partial charge in [0.15, 0.2) is 0 Å². The summed E-state index contributed by atoms with van der Waals surface area (Å²) in [6, 6.07) is 7.44. The van der Waals surface area contributed by atoms with E-state index < -0.39 is 0 Å². The molecule has 2 bridgehead atoms. The summed E-state index contributed by atoms with van der Waals surface area (Å²) in [6.07, 6.45) is 4.76.